The van der Waals surface area contributed by atoms with Crippen LogP contribution in [0.2, 0.25) is 0 Å². The first-order valence-corrected chi connectivity index (χ1v) is 9.83. The van der Waals surface area contributed by atoms with Gasteiger partial charge in [-0.05, 0) is 48.6 Å². The van der Waals surface area contributed by atoms with Crippen molar-refractivity contribution in [2.24, 2.45) is 0 Å². The lowest BCUT2D eigenvalue weighted by atomic mass is 9.99. The fourth-order valence-electron chi connectivity index (χ4n) is 3.73. The van der Waals surface area contributed by atoms with E-state index < -0.39 is 6.10 Å². The minimum absolute atomic E-state index is 0.211. The molecule has 6 heteroatoms. The van der Waals surface area contributed by atoms with Crippen LogP contribution < -0.4 is 4.74 Å². The molecule has 152 valence electrons. The topological polar surface area (TPSA) is 48.8 Å². The predicted molar refractivity (Wildman–Crippen MR) is 113 cm³/mol. The summed E-state index contributed by atoms with van der Waals surface area (Å²) < 4.78 is 19.6. The first kappa shape index (κ1) is 19.8. The predicted octanol–water partition coefficient (Wildman–Crippen LogP) is 3.03. The van der Waals surface area contributed by atoms with Crippen molar-refractivity contribution in [3.05, 3.63) is 60.7 Å². The molecule has 0 spiro atoms. The van der Waals surface area contributed by atoms with Crippen molar-refractivity contribution in [2.45, 2.75) is 12.1 Å². The van der Waals surface area contributed by atoms with Crippen molar-refractivity contribution in [2.75, 3.05) is 40.3 Å². The third-order valence-electron chi connectivity index (χ3n) is 5.43. The van der Waals surface area contributed by atoms with E-state index in [-0.39, 0.29) is 12.4 Å². The van der Waals surface area contributed by atoms with Gasteiger partial charge in [0, 0.05) is 37.4 Å². The van der Waals surface area contributed by atoms with Crippen LogP contribution in [-0.4, -0.2) is 72.4 Å². The number of β-amino-alcohol motifs (C(OH)–C–C–N with tert-alkyl or cyclic N) is 1. The molecule has 0 bridgehead atoms. The normalized spacial score (nSPS) is 16.2. The van der Waals surface area contributed by atoms with Crippen LogP contribution in [0.25, 0.3) is 21.9 Å². The zero-order chi connectivity index (χ0) is 20.4. The number of hydrogen-bond acceptors (Lipinski definition) is 5. The standard InChI is InChI=1S/C23H26FN3O2/c1-26(2)19-12-27(13-19)14-20(28)15-29-21-8-16-5-3-4-6-22(16)23(9-21)17-7-18(24)11-25-10-17/h3-11,19-20,28H,12-15H2,1-2H3. The van der Waals surface area contributed by atoms with Crippen LogP contribution in [0.4, 0.5) is 4.39 Å². The van der Waals surface area contributed by atoms with E-state index in [1.54, 1.807) is 6.20 Å². The largest absolute Gasteiger partial charge is 0.491 e. The Morgan fingerprint density at radius 2 is 2.00 bits per heavy atom. The molecule has 1 saturated heterocycles. The lowest BCUT2D eigenvalue weighted by Gasteiger charge is -2.43. The molecule has 1 fully saturated rings. The number of likely N-dealkylation sites (N-methyl/N-ethyl adjacent to an activating group) is 1. The Labute approximate surface area is 170 Å². The lowest BCUT2D eigenvalue weighted by Crippen LogP contribution is -2.59. The Balaban J connectivity index is 1.48. The summed E-state index contributed by atoms with van der Waals surface area (Å²) in [6.45, 7) is 2.74. The molecule has 0 aliphatic carbocycles. The summed E-state index contributed by atoms with van der Waals surface area (Å²) in [5.41, 5.74) is 1.55. The van der Waals surface area contributed by atoms with Crippen molar-refractivity contribution in [3.8, 4) is 16.9 Å². The smallest absolute Gasteiger partial charge is 0.142 e. The number of benzene rings is 2. The van der Waals surface area contributed by atoms with Crippen molar-refractivity contribution >= 4 is 10.8 Å². The molecule has 2 aromatic carbocycles. The molecule has 4 rings (SSSR count). The Hall–Kier alpha value is -2.54. The Bertz CT molecular complexity index is 989. The Morgan fingerprint density at radius 1 is 1.21 bits per heavy atom. The van der Waals surface area contributed by atoms with Gasteiger partial charge in [-0.2, -0.15) is 0 Å². The van der Waals surface area contributed by atoms with Gasteiger partial charge in [-0.3, -0.25) is 9.88 Å². The van der Waals surface area contributed by atoms with Gasteiger partial charge in [0.15, 0.2) is 0 Å². The highest BCUT2D eigenvalue weighted by Gasteiger charge is 2.29. The molecule has 1 aliphatic heterocycles. The molecule has 1 aliphatic rings. The highest BCUT2D eigenvalue weighted by molar-refractivity contribution is 5.97. The second-order valence-corrected chi connectivity index (χ2v) is 7.88. The van der Waals surface area contributed by atoms with Gasteiger partial charge in [0.05, 0.1) is 6.20 Å². The molecule has 1 atom stereocenters. The summed E-state index contributed by atoms with van der Waals surface area (Å²) in [7, 11) is 4.15. The summed E-state index contributed by atoms with van der Waals surface area (Å²) >= 11 is 0. The number of aromatic nitrogens is 1. The van der Waals surface area contributed by atoms with Crippen LogP contribution in [0.1, 0.15) is 0 Å². The Kier molecular flexibility index (Phi) is 5.76. The number of ether oxygens (including phenoxy) is 1. The van der Waals surface area contributed by atoms with Gasteiger partial charge in [0.25, 0.3) is 0 Å². The second-order valence-electron chi connectivity index (χ2n) is 7.88. The van der Waals surface area contributed by atoms with Crippen molar-refractivity contribution in [3.63, 3.8) is 0 Å². The highest BCUT2D eigenvalue weighted by atomic mass is 19.1. The number of rotatable bonds is 7. The summed E-state index contributed by atoms with van der Waals surface area (Å²) in [5, 5.41) is 12.4. The van der Waals surface area contributed by atoms with Gasteiger partial charge in [-0.25, -0.2) is 4.39 Å². The van der Waals surface area contributed by atoms with Gasteiger partial charge in [-0.15, -0.1) is 0 Å². The summed E-state index contributed by atoms with van der Waals surface area (Å²) in [5.74, 6) is 0.274. The third kappa shape index (κ3) is 4.56. The average Bonchev–Trinajstić information content (AvgIpc) is 2.68. The fourth-order valence-corrected chi connectivity index (χ4v) is 3.73. The minimum Gasteiger partial charge on any atom is -0.491 e. The lowest BCUT2D eigenvalue weighted by molar-refractivity contribution is 0.00720. The Morgan fingerprint density at radius 3 is 2.76 bits per heavy atom. The number of pyridine rings is 1. The number of nitrogens with zero attached hydrogens (tertiary/aromatic N) is 3. The van der Waals surface area contributed by atoms with E-state index in [2.05, 4.69) is 28.9 Å². The average molecular weight is 395 g/mol. The number of hydrogen-bond donors (Lipinski definition) is 1. The second kappa shape index (κ2) is 8.45. The molecule has 1 unspecified atom stereocenters. The molecule has 1 aromatic heterocycles. The maximum atomic E-state index is 13.7. The summed E-state index contributed by atoms with van der Waals surface area (Å²) in [6.07, 6.45) is 2.27. The van der Waals surface area contributed by atoms with Gasteiger partial charge in [-0.1, -0.05) is 24.3 Å². The van der Waals surface area contributed by atoms with Gasteiger partial charge in [0.2, 0.25) is 0 Å². The SMILES string of the molecule is CN(C)C1CN(CC(O)COc2cc(-c3cncc(F)c3)c3ccccc3c2)C1. The van der Waals surface area contributed by atoms with Gasteiger partial charge in [0.1, 0.15) is 24.3 Å². The van der Waals surface area contributed by atoms with E-state index in [1.807, 2.05) is 36.4 Å². The number of aliphatic hydroxyl groups is 1. The quantitative estimate of drug-likeness (QED) is 0.666. The maximum absolute atomic E-state index is 13.7. The third-order valence-corrected chi connectivity index (χ3v) is 5.43. The molecule has 1 N–H and O–H groups in total. The molecular weight excluding hydrogens is 369 g/mol. The molecule has 2 heterocycles. The van der Waals surface area contributed by atoms with Crippen LogP contribution in [-0.2, 0) is 0 Å². The van der Waals surface area contributed by atoms with E-state index in [4.69, 9.17) is 4.74 Å². The van der Waals surface area contributed by atoms with Crippen molar-refractivity contribution in [1.82, 2.24) is 14.8 Å². The van der Waals surface area contributed by atoms with E-state index in [0.717, 1.165) is 29.4 Å². The molecule has 5 nitrogen and oxygen atoms in total. The molecular formula is C23H26FN3O2. The first-order valence-electron chi connectivity index (χ1n) is 9.83. The van der Waals surface area contributed by atoms with Gasteiger partial charge >= 0.3 is 0 Å². The number of fused-ring (bicyclic) bond motifs is 1. The maximum Gasteiger partial charge on any atom is 0.142 e. The van der Waals surface area contributed by atoms with E-state index in [9.17, 15) is 9.50 Å². The van der Waals surface area contributed by atoms with Crippen LogP contribution in [0.5, 0.6) is 5.75 Å². The van der Waals surface area contributed by atoms with Crippen LogP contribution in [0, 0.1) is 5.82 Å². The molecule has 0 saturated carbocycles. The van der Waals surface area contributed by atoms with Crippen LogP contribution >= 0.6 is 0 Å². The zero-order valence-electron chi connectivity index (χ0n) is 16.8. The van der Waals surface area contributed by atoms with Crippen LogP contribution in [0.3, 0.4) is 0 Å². The monoisotopic (exact) mass is 395 g/mol. The van der Waals surface area contributed by atoms with Gasteiger partial charge < -0.3 is 14.7 Å². The highest BCUT2D eigenvalue weighted by Crippen LogP contribution is 2.33. The van der Waals surface area contributed by atoms with Crippen LogP contribution in [0.15, 0.2) is 54.9 Å². The minimum atomic E-state index is -0.566. The van der Waals surface area contributed by atoms with E-state index >= 15 is 0 Å². The molecule has 0 radical (unpaired) electrons. The fraction of sp³-hybridized carbons (Fsp3) is 0.348. The zero-order valence-corrected chi connectivity index (χ0v) is 16.8. The number of likely N-dealkylation sites (tertiary alicyclic amines) is 1. The number of halogens is 1. The summed E-state index contributed by atoms with van der Waals surface area (Å²) in [4.78, 5) is 8.40. The van der Waals surface area contributed by atoms with Crippen molar-refractivity contribution in [1.29, 1.82) is 0 Å². The van der Waals surface area contributed by atoms with E-state index in [1.165, 1.54) is 12.3 Å². The first-order chi connectivity index (χ1) is 14.0. The molecule has 29 heavy (non-hydrogen) atoms. The van der Waals surface area contributed by atoms with Crippen molar-refractivity contribution < 1.29 is 14.2 Å². The number of aliphatic hydroxyl groups excluding tert-OH is 1. The van der Waals surface area contributed by atoms with E-state index in [0.29, 0.717) is 23.9 Å². The summed E-state index contributed by atoms with van der Waals surface area (Å²) in [6, 6.07) is 13.8. The molecule has 3 aromatic rings. The molecule has 0 amide bonds.